The van der Waals surface area contributed by atoms with Crippen LogP contribution in [-0.4, -0.2) is 32.3 Å². The first-order valence-electron chi connectivity index (χ1n) is 4.82. The summed E-state index contributed by atoms with van der Waals surface area (Å²) in [5.41, 5.74) is 0.973. The van der Waals surface area contributed by atoms with Crippen molar-refractivity contribution in [1.82, 2.24) is 20.6 Å². The van der Waals surface area contributed by atoms with Crippen molar-refractivity contribution >= 4 is 17.6 Å². The highest BCUT2D eigenvalue weighted by molar-refractivity contribution is 6.04. The van der Waals surface area contributed by atoms with Crippen LogP contribution in [0.15, 0.2) is 24.3 Å². The van der Waals surface area contributed by atoms with Crippen LogP contribution in [0.5, 0.6) is 0 Å². The van der Waals surface area contributed by atoms with E-state index in [0.29, 0.717) is 11.1 Å². The normalized spacial score (nSPS) is 9.94. The summed E-state index contributed by atoms with van der Waals surface area (Å²) in [7, 11) is 0. The van der Waals surface area contributed by atoms with E-state index in [1.54, 1.807) is 24.3 Å². The fourth-order valence-corrected chi connectivity index (χ4v) is 1.24. The summed E-state index contributed by atoms with van der Waals surface area (Å²) < 4.78 is 0. The highest BCUT2D eigenvalue weighted by Gasteiger charge is 2.08. The minimum Gasteiger partial charge on any atom is -0.295 e. The maximum absolute atomic E-state index is 11.7. The van der Waals surface area contributed by atoms with Crippen molar-refractivity contribution in [2.45, 2.75) is 6.92 Å². The molecule has 0 spiro atoms. The van der Waals surface area contributed by atoms with Crippen molar-refractivity contribution in [2.75, 3.05) is 5.32 Å². The number of amides is 1. The van der Waals surface area contributed by atoms with Crippen LogP contribution in [0.4, 0.5) is 5.95 Å². The zero-order valence-corrected chi connectivity index (χ0v) is 8.97. The SMILES string of the molecule is CC(=O)c1ccc(C(=O)Nc2nn[nH]n2)cc1. The fraction of sp³-hybridized carbons (Fsp3) is 0.100. The highest BCUT2D eigenvalue weighted by atomic mass is 16.2. The number of ketones is 1. The molecule has 0 radical (unpaired) electrons. The van der Waals surface area contributed by atoms with Gasteiger partial charge in [0.05, 0.1) is 0 Å². The van der Waals surface area contributed by atoms with E-state index in [4.69, 9.17) is 0 Å². The van der Waals surface area contributed by atoms with E-state index in [0.717, 1.165) is 0 Å². The van der Waals surface area contributed by atoms with Crippen LogP contribution in [0.1, 0.15) is 27.6 Å². The molecule has 2 aromatic rings. The van der Waals surface area contributed by atoms with Crippen molar-refractivity contribution in [3.63, 3.8) is 0 Å². The molecule has 7 heteroatoms. The van der Waals surface area contributed by atoms with Crippen molar-refractivity contribution in [1.29, 1.82) is 0 Å². The van der Waals surface area contributed by atoms with Crippen molar-refractivity contribution in [3.05, 3.63) is 35.4 Å². The lowest BCUT2D eigenvalue weighted by molar-refractivity contribution is 0.100. The summed E-state index contributed by atoms with van der Waals surface area (Å²) in [6, 6.07) is 6.30. The number of carbonyl (C=O) groups is 2. The lowest BCUT2D eigenvalue weighted by Crippen LogP contribution is -2.13. The van der Waals surface area contributed by atoms with Gasteiger partial charge in [-0.3, -0.25) is 14.9 Å². The second-order valence-electron chi connectivity index (χ2n) is 3.32. The van der Waals surface area contributed by atoms with Crippen LogP contribution < -0.4 is 5.32 Å². The molecular formula is C10H9N5O2. The number of rotatable bonds is 3. The number of hydrogen-bond donors (Lipinski definition) is 2. The van der Waals surface area contributed by atoms with Crippen molar-refractivity contribution in [2.24, 2.45) is 0 Å². The van der Waals surface area contributed by atoms with Gasteiger partial charge in [0, 0.05) is 11.1 Å². The summed E-state index contributed by atoms with van der Waals surface area (Å²) in [4.78, 5) is 22.7. The Kier molecular flexibility index (Phi) is 2.91. The third-order valence-electron chi connectivity index (χ3n) is 2.12. The molecule has 2 rings (SSSR count). The smallest absolute Gasteiger partial charge is 0.270 e. The summed E-state index contributed by atoms with van der Waals surface area (Å²) in [6.07, 6.45) is 0. The quantitative estimate of drug-likeness (QED) is 0.755. The van der Waals surface area contributed by atoms with Gasteiger partial charge in [-0.15, -0.1) is 5.10 Å². The average Bonchev–Trinajstić information content (AvgIpc) is 2.82. The Hall–Kier alpha value is -2.57. The Bertz CT molecular complexity index is 532. The van der Waals surface area contributed by atoms with Gasteiger partial charge in [0.15, 0.2) is 5.78 Å². The molecule has 0 aliphatic carbocycles. The number of H-pyrrole nitrogens is 1. The maximum Gasteiger partial charge on any atom is 0.270 e. The molecular weight excluding hydrogens is 222 g/mol. The van der Waals surface area contributed by atoms with Crippen LogP contribution in [0, 0.1) is 0 Å². The largest absolute Gasteiger partial charge is 0.295 e. The van der Waals surface area contributed by atoms with Crippen LogP contribution in [0.3, 0.4) is 0 Å². The Labute approximate surface area is 96.2 Å². The second-order valence-corrected chi connectivity index (χ2v) is 3.32. The number of tetrazole rings is 1. The topological polar surface area (TPSA) is 101 Å². The van der Waals surface area contributed by atoms with E-state index in [2.05, 4.69) is 25.9 Å². The molecule has 0 aliphatic rings. The lowest BCUT2D eigenvalue weighted by Gasteiger charge is -2.01. The molecule has 1 aromatic carbocycles. The Balaban J connectivity index is 2.12. The van der Waals surface area contributed by atoms with Gasteiger partial charge >= 0.3 is 0 Å². The predicted octanol–water partition coefficient (Wildman–Crippen LogP) is 0.655. The first-order valence-corrected chi connectivity index (χ1v) is 4.82. The number of anilines is 1. The van der Waals surface area contributed by atoms with Gasteiger partial charge in [-0.05, 0) is 24.3 Å². The maximum atomic E-state index is 11.7. The molecule has 1 heterocycles. The summed E-state index contributed by atoms with van der Waals surface area (Å²) in [6.45, 7) is 1.47. The van der Waals surface area contributed by atoms with Gasteiger partial charge < -0.3 is 0 Å². The third kappa shape index (κ3) is 2.51. The van der Waals surface area contributed by atoms with Crippen LogP contribution in [0.2, 0.25) is 0 Å². The van der Waals surface area contributed by atoms with Crippen molar-refractivity contribution in [3.8, 4) is 0 Å². The number of nitrogens with one attached hydrogen (secondary N) is 2. The standard InChI is InChI=1S/C10H9N5O2/c1-6(16)7-2-4-8(5-3-7)9(17)11-10-12-14-15-13-10/h2-5H,1H3,(H2,11,12,13,14,15,17). The Morgan fingerprint density at radius 1 is 1.18 bits per heavy atom. The second kappa shape index (κ2) is 4.52. The van der Waals surface area contributed by atoms with Gasteiger partial charge in [-0.2, -0.15) is 5.21 Å². The molecule has 0 saturated carbocycles. The van der Waals surface area contributed by atoms with E-state index in [1.165, 1.54) is 6.92 Å². The van der Waals surface area contributed by atoms with Gasteiger partial charge in [0.25, 0.3) is 11.9 Å². The number of hydrogen-bond acceptors (Lipinski definition) is 5. The molecule has 17 heavy (non-hydrogen) atoms. The van der Waals surface area contributed by atoms with Gasteiger partial charge in [0.2, 0.25) is 0 Å². The third-order valence-corrected chi connectivity index (χ3v) is 2.12. The minimum absolute atomic E-state index is 0.0462. The molecule has 0 atom stereocenters. The van der Waals surface area contributed by atoms with Crippen LogP contribution >= 0.6 is 0 Å². The van der Waals surface area contributed by atoms with E-state index >= 15 is 0 Å². The number of benzene rings is 1. The Morgan fingerprint density at radius 2 is 1.82 bits per heavy atom. The summed E-state index contributed by atoms with van der Waals surface area (Å²) >= 11 is 0. The monoisotopic (exact) mass is 231 g/mol. The number of aromatic nitrogens is 4. The summed E-state index contributed by atoms with van der Waals surface area (Å²) in [5.74, 6) is -0.303. The van der Waals surface area contributed by atoms with E-state index in [-0.39, 0.29) is 17.6 Å². The lowest BCUT2D eigenvalue weighted by atomic mass is 10.1. The van der Waals surface area contributed by atoms with Gasteiger partial charge in [-0.1, -0.05) is 17.2 Å². The van der Waals surface area contributed by atoms with E-state index in [9.17, 15) is 9.59 Å². The first-order chi connectivity index (χ1) is 8.16. The molecule has 0 unspecified atom stereocenters. The fourth-order valence-electron chi connectivity index (χ4n) is 1.24. The molecule has 7 nitrogen and oxygen atoms in total. The molecule has 1 aromatic heterocycles. The average molecular weight is 231 g/mol. The number of carbonyl (C=O) groups excluding carboxylic acids is 2. The van der Waals surface area contributed by atoms with Gasteiger partial charge in [0.1, 0.15) is 0 Å². The molecule has 0 saturated heterocycles. The zero-order valence-electron chi connectivity index (χ0n) is 8.97. The molecule has 86 valence electrons. The highest BCUT2D eigenvalue weighted by Crippen LogP contribution is 2.06. The van der Waals surface area contributed by atoms with Crippen LogP contribution in [0.25, 0.3) is 0 Å². The molecule has 2 N–H and O–H groups in total. The molecule has 0 aliphatic heterocycles. The van der Waals surface area contributed by atoms with Gasteiger partial charge in [-0.25, -0.2) is 0 Å². The number of nitrogens with zero attached hydrogens (tertiary/aromatic N) is 3. The molecule has 0 bridgehead atoms. The van der Waals surface area contributed by atoms with Crippen molar-refractivity contribution < 1.29 is 9.59 Å². The first kappa shape index (κ1) is 10.9. The number of aromatic amines is 1. The van der Waals surface area contributed by atoms with Crippen LogP contribution in [-0.2, 0) is 0 Å². The predicted molar refractivity (Wildman–Crippen MR) is 58.6 cm³/mol. The van der Waals surface area contributed by atoms with E-state index in [1.807, 2.05) is 0 Å². The summed E-state index contributed by atoms with van der Waals surface area (Å²) in [5, 5.41) is 15.2. The zero-order chi connectivity index (χ0) is 12.3. The molecule has 0 fully saturated rings. The molecule has 1 amide bonds. The number of Topliss-reactive ketones (excluding diaryl/α,β-unsaturated/α-hetero) is 1. The Morgan fingerprint density at radius 3 is 2.35 bits per heavy atom. The minimum atomic E-state index is -0.360. The van der Waals surface area contributed by atoms with E-state index < -0.39 is 0 Å².